The van der Waals surface area contributed by atoms with E-state index in [-0.39, 0.29) is 24.1 Å². The number of rotatable bonds is 4. The van der Waals surface area contributed by atoms with Gasteiger partial charge >= 0.3 is 5.97 Å². The summed E-state index contributed by atoms with van der Waals surface area (Å²) in [7, 11) is -2.91. The molecule has 6 nitrogen and oxygen atoms in total. The smallest absolute Gasteiger partial charge is 0.321 e. The number of nitrogens with two attached hydrogens (primary N) is 1. The van der Waals surface area contributed by atoms with Crippen molar-refractivity contribution in [3.63, 3.8) is 0 Å². The van der Waals surface area contributed by atoms with Crippen molar-refractivity contribution in [3.05, 3.63) is 0 Å². The fourth-order valence-electron chi connectivity index (χ4n) is 1.34. The normalized spacial score (nSPS) is 27.4. The summed E-state index contributed by atoms with van der Waals surface area (Å²) < 4.78 is 22.1. The predicted octanol–water partition coefficient (Wildman–Crippen LogP) is -1.82. The van der Waals surface area contributed by atoms with E-state index in [2.05, 4.69) is 5.32 Å². The van der Waals surface area contributed by atoms with Gasteiger partial charge in [-0.05, 0) is 6.42 Å². The second-order valence-corrected chi connectivity index (χ2v) is 5.68. The van der Waals surface area contributed by atoms with E-state index >= 15 is 0 Å². The molecule has 7 heteroatoms. The zero-order valence-corrected chi connectivity index (χ0v) is 8.46. The molecule has 1 aliphatic heterocycles. The Labute approximate surface area is 82.4 Å². The average molecular weight is 222 g/mol. The largest absolute Gasteiger partial charge is 0.480 e. The molecule has 0 aliphatic carbocycles. The summed E-state index contributed by atoms with van der Waals surface area (Å²) >= 11 is 0. The highest BCUT2D eigenvalue weighted by Gasteiger charge is 2.28. The lowest BCUT2D eigenvalue weighted by molar-refractivity contribution is -0.138. The molecule has 4 N–H and O–H groups in total. The molecule has 1 saturated heterocycles. The summed E-state index contributed by atoms with van der Waals surface area (Å²) in [5.74, 6) is -0.829. The summed E-state index contributed by atoms with van der Waals surface area (Å²) in [5.41, 5.74) is 5.25. The van der Waals surface area contributed by atoms with Crippen molar-refractivity contribution in [2.75, 3.05) is 18.1 Å². The molecule has 82 valence electrons. The molecular formula is C7H14N2O4S. The number of aliphatic carboxylic acids is 1. The number of carboxylic acid groups (broad SMARTS) is 1. The maximum atomic E-state index is 11.0. The molecule has 1 fully saturated rings. The first-order chi connectivity index (χ1) is 6.41. The fourth-order valence-corrected chi connectivity index (χ4v) is 3.04. The van der Waals surface area contributed by atoms with Crippen LogP contribution in [0.15, 0.2) is 0 Å². The maximum Gasteiger partial charge on any atom is 0.321 e. The Hall–Kier alpha value is -0.660. The number of hydrogen-bond acceptors (Lipinski definition) is 5. The molecule has 0 spiro atoms. The molecule has 14 heavy (non-hydrogen) atoms. The summed E-state index contributed by atoms with van der Waals surface area (Å²) in [4.78, 5) is 10.3. The van der Waals surface area contributed by atoms with E-state index in [1.54, 1.807) is 0 Å². The van der Waals surface area contributed by atoms with E-state index < -0.39 is 21.8 Å². The second-order valence-electron chi connectivity index (χ2n) is 3.45. The lowest BCUT2D eigenvalue weighted by Gasteiger charge is -2.12. The number of sulfone groups is 1. The van der Waals surface area contributed by atoms with Gasteiger partial charge in [0.1, 0.15) is 6.04 Å². The lowest BCUT2D eigenvalue weighted by atomic mass is 10.2. The molecule has 1 aliphatic rings. The number of hydrogen-bond donors (Lipinski definition) is 3. The molecule has 2 atom stereocenters. The van der Waals surface area contributed by atoms with Crippen LogP contribution >= 0.6 is 0 Å². The van der Waals surface area contributed by atoms with Gasteiger partial charge in [-0.25, -0.2) is 8.42 Å². The topological polar surface area (TPSA) is 109 Å². The monoisotopic (exact) mass is 222 g/mol. The van der Waals surface area contributed by atoms with Gasteiger partial charge in [0.25, 0.3) is 0 Å². The van der Waals surface area contributed by atoms with Gasteiger partial charge in [0.2, 0.25) is 0 Å². The Morgan fingerprint density at radius 1 is 1.64 bits per heavy atom. The fraction of sp³-hybridized carbons (Fsp3) is 0.857. The van der Waals surface area contributed by atoms with Crippen molar-refractivity contribution >= 4 is 15.8 Å². The minimum atomic E-state index is -2.91. The highest BCUT2D eigenvalue weighted by atomic mass is 32.2. The van der Waals surface area contributed by atoms with E-state index in [4.69, 9.17) is 10.8 Å². The van der Waals surface area contributed by atoms with E-state index in [1.165, 1.54) is 0 Å². The van der Waals surface area contributed by atoms with Gasteiger partial charge in [0, 0.05) is 12.6 Å². The highest BCUT2D eigenvalue weighted by molar-refractivity contribution is 7.91. The average Bonchev–Trinajstić information content (AvgIpc) is 2.41. The van der Waals surface area contributed by atoms with Gasteiger partial charge < -0.3 is 16.2 Å². The van der Waals surface area contributed by atoms with Gasteiger partial charge in [0.15, 0.2) is 9.84 Å². The van der Waals surface area contributed by atoms with Crippen molar-refractivity contribution in [3.8, 4) is 0 Å². The van der Waals surface area contributed by atoms with Crippen LogP contribution in [0.3, 0.4) is 0 Å². The Bertz CT molecular complexity index is 314. The van der Waals surface area contributed by atoms with E-state index in [1.807, 2.05) is 0 Å². The zero-order valence-electron chi connectivity index (χ0n) is 7.64. The van der Waals surface area contributed by atoms with Crippen LogP contribution in [-0.2, 0) is 14.6 Å². The van der Waals surface area contributed by atoms with Gasteiger partial charge in [-0.2, -0.15) is 0 Å². The standard InChI is InChI=1S/C7H14N2O4S/c8-6(7(10)11)3-9-5-1-2-14(12,13)4-5/h5-6,9H,1-4,8H2,(H,10,11). The molecule has 1 heterocycles. The molecule has 0 saturated carbocycles. The Balaban J connectivity index is 2.31. The number of nitrogens with one attached hydrogen (secondary N) is 1. The van der Waals surface area contributed by atoms with Crippen molar-refractivity contribution in [2.24, 2.45) is 5.73 Å². The van der Waals surface area contributed by atoms with Crippen LogP contribution in [0.4, 0.5) is 0 Å². The van der Waals surface area contributed by atoms with Crippen LogP contribution in [0.25, 0.3) is 0 Å². The molecule has 0 aromatic carbocycles. The quantitative estimate of drug-likeness (QED) is 0.516. The molecule has 0 aromatic rings. The van der Waals surface area contributed by atoms with Gasteiger partial charge in [0.05, 0.1) is 11.5 Å². The molecule has 0 amide bonds. The second kappa shape index (κ2) is 4.24. The van der Waals surface area contributed by atoms with Gasteiger partial charge in [-0.15, -0.1) is 0 Å². The minimum absolute atomic E-state index is 0.0827. The first-order valence-electron chi connectivity index (χ1n) is 4.33. The van der Waals surface area contributed by atoms with E-state index in [0.29, 0.717) is 6.42 Å². The zero-order chi connectivity index (χ0) is 10.8. The molecule has 1 rings (SSSR count). The third-order valence-corrected chi connectivity index (χ3v) is 3.94. The number of carboxylic acids is 1. The first-order valence-corrected chi connectivity index (χ1v) is 6.15. The SMILES string of the molecule is NC(CNC1CCS(=O)(=O)C1)C(=O)O. The highest BCUT2D eigenvalue weighted by Crippen LogP contribution is 2.10. The van der Waals surface area contributed by atoms with Crippen LogP contribution in [-0.4, -0.2) is 49.6 Å². The van der Waals surface area contributed by atoms with Crippen LogP contribution in [0, 0.1) is 0 Å². The molecular weight excluding hydrogens is 208 g/mol. The summed E-state index contributed by atoms with van der Waals surface area (Å²) in [6.07, 6.45) is 0.536. The van der Waals surface area contributed by atoms with Crippen molar-refractivity contribution in [1.82, 2.24) is 5.32 Å². The summed E-state index contributed by atoms with van der Waals surface area (Å²) in [5, 5.41) is 11.3. The molecule has 0 radical (unpaired) electrons. The minimum Gasteiger partial charge on any atom is -0.480 e. The third-order valence-electron chi connectivity index (χ3n) is 2.18. The van der Waals surface area contributed by atoms with Crippen molar-refractivity contribution < 1.29 is 18.3 Å². The predicted molar refractivity (Wildman–Crippen MR) is 50.7 cm³/mol. The summed E-state index contributed by atoms with van der Waals surface area (Å²) in [6, 6.07) is -1.12. The van der Waals surface area contributed by atoms with E-state index in [0.717, 1.165) is 0 Å². The number of carbonyl (C=O) groups is 1. The van der Waals surface area contributed by atoms with Crippen molar-refractivity contribution in [1.29, 1.82) is 0 Å². The van der Waals surface area contributed by atoms with Gasteiger partial charge in [-0.1, -0.05) is 0 Å². The van der Waals surface area contributed by atoms with Crippen molar-refractivity contribution in [2.45, 2.75) is 18.5 Å². The molecule has 0 bridgehead atoms. The Kier molecular flexibility index (Phi) is 3.46. The van der Waals surface area contributed by atoms with E-state index in [9.17, 15) is 13.2 Å². The Morgan fingerprint density at radius 2 is 2.29 bits per heavy atom. The Morgan fingerprint density at radius 3 is 2.71 bits per heavy atom. The van der Waals surface area contributed by atoms with Crippen LogP contribution in [0.2, 0.25) is 0 Å². The first kappa shape index (κ1) is 11.4. The van der Waals surface area contributed by atoms with Crippen LogP contribution in [0.5, 0.6) is 0 Å². The maximum absolute atomic E-state index is 11.0. The molecule has 0 aromatic heterocycles. The summed E-state index contributed by atoms with van der Waals surface area (Å²) in [6.45, 7) is 0.107. The third kappa shape index (κ3) is 3.24. The van der Waals surface area contributed by atoms with Crippen LogP contribution < -0.4 is 11.1 Å². The van der Waals surface area contributed by atoms with Crippen LogP contribution in [0.1, 0.15) is 6.42 Å². The lowest BCUT2D eigenvalue weighted by Crippen LogP contribution is -2.44. The van der Waals surface area contributed by atoms with Gasteiger partial charge in [-0.3, -0.25) is 4.79 Å². The molecule has 2 unspecified atom stereocenters.